The van der Waals surface area contributed by atoms with Crippen LogP contribution in [-0.2, 0) is 11.3 Å². The molecule has 1 aliphatic carbocycles. The van der Waals surface area contributed by atoms with Crippen LogP contribution in [0.2, 0.25) is 0 Å². The number of rotatable bonds is 5. The number of nitrogens with zero attached hydrogens (tertiary/aromatic N) is 4. The first-order valence-corrected chi connectivity index (χ1v) is 9.65. The van der Waals surface area contributed by atoms with E-state index in [9.17, 15) is 9.59 Å². The van der Waals surface area contributed by atoms with Gasteiger partial charge in [0.25, 0.3) is 5.56 Å². The van der Waals surface area contributed by atoms with Crippen LogP contribution in [0.25, 0.3) is 10.8 Å². The van der Waals surface area contributed by atoms with Crippen LogP contribution in [0, 0.1) is 12.8 Å². The van der Waals surface area contributed by atoms with E-state index in [1.807, 2.05) is 6.92 Å². The molecule has 9 heteroatoms. The van der Waals surface area contributed by atoms with Gasteiger partial charge in [0.1, 0.15) is 12.6 Å². The van der Waals surface area contributed by atoms with E-state index in [0.717, 1.165) is 21.1 Å². The molecule has 144 valence electrons. The number of hydrogen-bond acceptors (Lipinski definition) is 6. The van der Waals surface area contributed by atoms with Gasteiger partial charge in [-0.1, -0.05) is 22.9 Å². The quantitative estimate of drug-likeness (QED) is 0.650. The maximum atomic E-state index is 12.8. The zero-order chi connectivity index (χ0) is 19.8. The van der Waals surface area contributed by atoms with Gasteiger partial charge in [-0.05, 0) is 43.0 Å². The molecule has 0 aliphatic heterocycles. The van der Waals surface area contributed by atoms with E-state index in [1.165, 1.54) is 0 Å². The Balaban J connectivity index is 1.65. The molecule has 0 bridgehead atoms. The lowest BCUT2D eigenvalue weighted by molar-refractivity contribution is -0.117. The molecule has 1 aliphatic rings. The highest BCUT2D eigenvalue weighted by atomic mass is 79.9. The van der Waals surface area contributed by atoms with E-state index in [2.05, 4.69) is 43.2 Å². The van der Waals surface area contributed by atoms with Crippen molar-refractivity contribution in [3.05, 3.63) is 51.0 Å². The first kappa shape index (κ1) is 18.5. The number of nitrogens with one attached hydrogen (secondary N) is 1. The summed E-state index contributed by atoms with van der Waals surface area (Å²) >= 11 is 3.42. The van der Waals surface area contributed by atoms with Gasteiger partial charge in [-0.3, -0.25) is 14.9 Å². The SMILES string of the molecule is Cc1cnc(NC(=O)Cn2nc(O[C@H]3C[C@H]3C)c3cc(Br)ccc3c2=O)nc1. The number of ether oxygens (including phenoxy) is 1. The number of carbonyl (C=O) groups excluding carboxylic acids is 1. The average Bonchev–Trinajstić information content (AvgIpc) is 3.35. The van der Waals surface area contributed by atoms with Crippen molar-refractivity contribution in [2.75, 3.05) is 5.32 Å². The van der Waals surface area contributed by atoms with Crippen LogP contribution in [0.1, 0.15) is 18.9 Å². The van der Waals surface area contributed by atoms with Gasteiger partial charge in [0.2, 0.25) is 17.7 Å². The molecule has 0 radical (unpaired) electrons. The fourth-order valence-corrected chi connectivity index (χ4v) is 3.14. The van der Waals surface area contributed by atoms with Gasteiger partial charge < -0.3 is 4.74 Å². The summed E-state index contributed by atoms with van der Waals surface area (Å²) in [4.78, 5) is 33.2. The standard InChI is InChI=1S/C19H18BrN5O3/c1-10-7-21-19(22-8-10)23-16(26)9-25-18(27)13-4-3-12(20)6-14(13)17(24-25)28-15-5-11(15)2/h3-4,6-8,11,15H,5,9H2,1-2H3,(H,21,22,23,26)/t11-,15+/m1/s1. The second-order valence-electron chi connectivity index (χ2n) is 6.96. The third-order valence-electron chi connectivity index (χ3n) is 4.51. The van der Waals surface area contributed by atoms with Crippen molar-refractivity contribution in [1.29, 1.82) is 0 Å². The van der Waals surface area contributed by atoms with Crippen LogP contribution < -0.4 is 15.6 Å². The number of aryl methyl sites for hydroxylation is 1. The molecule has 1 fully saturated rings. The molecule has 3 aromatic rings. The number of fused-ring (bicyclic) bond motifs is 1. The van der Waals surface area contributed by atoms with Gasteiger partial charge >= 0.3 is 0 Å². The van der Waals surface area contributed by atoms with E-state index in [4.69, 9.17) is 4.74 Å². The van der Waals surface area contributed by atoms with Gasteiger partial charge in [-0.15, -0.1) is 5.10 Å². The van der Waals surface area contributed by atoms with Crippen molar-refractivity contribution in [3.8, 4) is 5.88 Å². The van der Waals surface area contributed by atoms with Gasteiger partial charge in [-0.25, -0.2) is 14.6 Å². The Kier molecular flexibility index (Phi) is 4.84. The maximum Gasteiger partial charge on any atom is 0.275 e. The highest BCUT2D eigenvalue weighted by Gasteiger charge is 2.36. The summed E-state index contributed by atoms with van der Waals surface area (Å²) in [7, 11) is 0. The van der Waals surface area contributed by atoms with E-state index in [0.29, 0.717) is 22.6 Å². The van der Waals surface area contributed by atoms with E-state index < -0.39 is 5.91 Å². The van der Waals surface area contributed by atoms with Crippen molar-refractivity contribution in [1.82, 2.24) is 19.7 Å². The molecule has 1 saturated carbocycles. The van der Waals surface area contributed by atoms with Gasteiger partial charge in [0.15, 0.2) is 0 Å². The number of carbonyl (C=O) groups is 1. The zero-order valence-electron chi connectivity index (χ0n) is 15.3. The zero-order valence-corrected chi connectivity index (χ0v) is 16.9. The number of anilines is 1. The van der Waals surface area contributed by atoms with Crippen LogP contribution in [0.5, 0.6) is 5.88 Å². The lowest BCUT2D eigenvalue weighted by Crippen LogP contribution is -2.30. The molecular weight excluding hydrogens is 426 g/mol. The summed E-state index contributed by atoms with van der Waals surface area (Å²) in [6, 6.07) is 5.28. The fourth-order valence-electron chi connectivity index (χ4n) is 2.77. The van der Waals surface area contributed by atoms with Gasteiger partial charge in [0.05, 0.1) is 10.8 Å². The second-order valence-corrected chi connectivity index (χ2v) is 7.88. The molecule has 8 nitrogen and oxygen atoms in total. The van der Waals surface area contributed by atoms with Crippen molar-refractivity contribution >= 4 is 38.6 Å². The molecule has 28 heavy (non-hydrogen) atoms. The largest absolute Gasteiger partial charge is 0.473 e. The Labute approximate surface area is 169 Å². The number of halogens is 1. The summed E-state index contributed by atoms with van der Waals surface area (Å²) in [5.41, 5.74) is 0.520. The van der Waals surface area contributed by atoms with Crippen LogP contribution in [0.4, 0.5) is 5.95 Å². The minimum Gasteiger partial charge on any atom is -0.473 e. The van der Waals surface area contributed by atoms with Crippen LogP contribution in [0.3, 0.4) is 0 Å². The molecule has 0 saturated heterocycles. The Morgan fingerprint density at radius 2 is 2.04 bits per heavy atom. The van der Waals surface area contributed by atoms with Gasteiger partial charge in [0, 0.05) is 16.9 Å². The number of amides is 1. The monoisotopic (exact) mass is 443 g/mol. The van der Waals surface area contributed by atoms with E-state index in [1.54, 1.807) is 30.6 Å². The Morgan fingerprint density at radius 3 is 2.71 bits per heavy atom. The third kappa shape index (κ3) is 3.89. The maximum absolute atomic E-state index is 12.8. The Hall–Kier alpha value is -2.81. The summed E-state index contributed by atoms with van der Waals surface area (Å²) in [5.74, 6) is 0.535. The number of hydrogen-bond donors (Lipinski definition) is 1. The topological polar surface area (TPSA) is 99.0 Å². The van der Waals surface area contributed by atoms with E-state index in [-0.39, 0.29) is 24.2 Å². The highest BCUT2D eigenvalue weighted by Crippen LogP contribution is 2.35. The third-order valence-corrected chi connectivity index (χ3v) is 5.01. The second kappa shape index (κ2) is 7.31. The minimum atomic E-state index is -0.444. The fraction of sp³-hybridized carbons (Fsp3) is 0.316. The summed E-state index contributed by atoms with van der Waals surface area (Å²) in [6.07, 6.45) is 4.23. The molecule has 1 aromatic carbocycles. The van der Waals surface area contributed by atoms with Crippen molar-refractivity contribution in [2.45, 2.75) is 32.9 Å². The molecular formula is C19H18BrN5O3. The summed E-state index contributed by atoms with van der Waals surface area (Å²) in [6.45, 7) is 3.68. The first-order chi connectivity index (χ1) is 13.4. The summed E-state index contributed by atoms with van der Waals surface area (Å²) < 4.78 is 7.90. The lowest BCUT2D eigenvalue weighted by atomic mass is 10.2. The number of benzene rings is 1. The van der Waals surface area contributed by atoms with E-state index >= 15 is 0 Å². The predicted octanol–water partition coefficient (Wildman–Crippen LogP) is 2.68. The van der Waals surface area contributed by atoms with Crippen LogP contribution >= 0.6 is 15.9 Å². The van der Waals surface area contributed by atoms with Crippen molar-refractivity contribution < 1.29 is 9.53 Å². The highest BCUT2D eigenvalue weighted by molar-refractivity contribution is 9.10. The molecule has 4 rings (SSSR count). The van der Waals surface area contributed by atoms with Gasteiger partial charge in [-0.2, -0.15) is 0 Å². The lowest BCUT2D eigenvalue weighted by Gasteiger charge is -2.12. The molecule has 1 N–H and O–H groups in total. The normalized spacial score (nSPS) is 18.1. The minimum absolute atomic E-state index is 0.0791. The van der Waals surface area contributed by atoms with Crippen LogP contribution in [0.15, 0.2) is 39.9 Å². The molecule has 0 spiro atoms. The number of aromatic nitrogens is 4. The Morgan fingerprint density at radius 1 is 1.32 bits per heavy atom. The molecule has 1 amide bonds. The predicted molar refractivity (Wildman–Crippen MR) is 107 cm³/mol. The molecule has 0 unspecified atom stereocenters. The smallest absolute Gasteiger partial charge is 0.275 e. The molecule has 2 aromatic heterocycles. The molecule has 2 heterocycles. The Bertz CT molecular complexity index is 1110. The molecule has 2 atom stereocenters. The summed E-state index contributed by atoms with van der Waals surface area (Å²) in [5, 5.41) is 7.95. The average molecular weight is 444 g/mol. The van der Waals surface area contributed by atoms with Crippen molar-refractivity contribution in [3.63, 3.8) is 0 Å². The van der Waals surface area contributed by atoms with Crippen LogP contribution in [-0.4, -0.2) is 31.8 Å². The first-order valence-electron chi connectivity index (χ1n) is 8.86. The van der Waals surface area contributed by atoms with Crippen molar-refractivity contribution in [2.24, 2.45) is 5.92 Å².